The molecule has 0 spiro atoms. The van der Waals surface area contributed by atoms with Crippen molar-refractivity contribution in [1.29, 1.82) is 0 Å². The molecular weight excluding hydrogens is 224 g/mol. The standard InChI is InChI=1S/C8H11ClN2O2S/c1-6-5-10-7(2)8(11-6)14(12,13)4-3-9/h5H,3-4H2,1-2H3. The Labute approximate surface area is 88.3 Å². The average molecular weight is 235 g/mol. The van der Waals surface area contributed by atoms with E-state index in [1.165, 1.54) is 6.20 Å². The van der Waals surface area contributed by atoms with Gasteiger partial charge < -0.3 is 0 Å². The summed E-state index contributed by atoms with van der Waals surface area (Å²) < 4.78 is 23.2. The van der Waals surface area contributed by atoms with Crippen LogP contribution in [0.1, 0.15) is 11.4 Å². The summed E-state index contributed by atoms with van der Waals surface area (Å²) in [5, 5.41) is 0.0400. The number of sulfone groups is 1. The van der Waals surface area contributed by atoms with E-state index in [1.807, 2.05) is 0 Å². The number of alkyl halides is 1. The van der Waals surface area contributed by atoms with Crippen molar-refractivity contribution >= 4 is 21.4 Å². The first-order chi connectivity index (χ1) is 6.47. The molecule has 0 saturated heterocycles. The Kier molecular flexibility index (Phi) is 3.44. The lowest BCUT2D eigenvalue weighted by Crippen LogP contribution is -2.13. The van der Waals surface area contributed by atoms with Gasteiger partial charge in [-0.1, -0.05) is 0 Å². The molecule has 0 aromatic carbocycles. The van der Waals surface area contributed by atoms with Crippen LogP contribution in [0.5, 0.6) is 0 Å². The minimum atomic E-state index is -3.37. The van der Waals surface area contributed by atoms with Crippen molar-refractivity contribution in [3.63, 3.8) is 0 Å². The number of halogens is 1. The Morgan fingerprint density at radius 3 is 2.64 bits per heavy atom. The van der Waals surface area contributed by atoms with Gasteiger partial charge in [0, 0.05) is 12.1 Å². The van der Waals surface area contributed by atoms with Crippen LogP contribution in [0.2, 0.25) is 0 Å². The number of aromatic nitrogens is 2. The maximum Gasteiger partial charge on any atom is 0.198 e. The highest BCUT2D eigenvalue weighted by Gasteiger charge is 2.18. The van der Waals surface area contributed by atoms with Crippen LogP contribution in [0, 0.1) is 13.8 Å². The van der Waals surface area contributed by atoms with E-state index in [1.54, 1.807) is 13.8 Å². The maximum absolute atomic E-state index is 11.6. The summed E-state index contributed by atoms with van der Waals surface area (Å²) in [6.07, 6.45) is 1.54. The fourth-order valence-electron chi connectivity index (χ4n) is 1.01. The predicted octanol–water partition coefficient (Wildman–Crippen LogP) is 1.11. The molecule has 1 heterocycles. The molecule has 0 fully saturated rings. The third-order valence-corrected chi connectivity index (χ3v) is 3.80. The van der Waals surface area contributed by atoms with Gasteiger partial charge in [-0.25, -0.2) is 13.4 Å². The second-order valence-corrected chi connectivity index (χ2v) is 5.31. The Balaban J connectivity index is 3.25. The fraction of sp³-hybridized carbons (Fsp3) is 0.500. The Bertz CT molecular complexity index is 431. The average Bonchev–Trinajstić information content (AvgIpc) is 2.09. The van der Waals surface area contributed by atoms with E-state index in [9.17, 15) is 8.42 Å². The molecule has 6 heteroatoms. The van der Waals surface area contributed by atoms with Gasteiger partial charge in [0.05, 0.1) is 17.1 Å². The summed E-state index contributed by atoms with van der Waals surface area (Å²) in [5.74, 6) is -0.0368. The van der Waals surface area contributed by atoms with Gasteiger partial charge in [-0.15, -0.1) is 11.6 Å². The zero-order valence-electron chi connectivity index (χ0n) is 7.99. The van der Waals surface area contributed by atoms with Crippen LogP contribution in [0.25, 0.3) is 0 Å². The normalized spacial score (nSPS) is 11.6. The van der Waals surface area contributed by atoms with Gasteiger partial charge in [0.1, 0.15) is 0 Å². The largest absolute Gasteiger partial charge is 0.257 e. The number of hydrogen-bond donors (Lipinski definition) is 0. The number of nitrogens with zero attached hydrogens (tertiary/aromatic N) is 2. The van der Waals surface area contributed by atoms with Crippen LogP contribution in [0.4, 0.5) is 0 Å². The van der Waals surface area contributed by atoms with Crippen molar-refractivity contribution < 1.29 is 8.42 Å². The highest BCUT2D eigenvalue weighted by atomic mass is 35.5. The SMILES string of the molecule is Cc1cnc(C)c(S(=O)(=O)CCCl)n1. The molecule has 78 valence electrons. The van der Waals surface area contributed by atoms with Crippen LogP contribution >= 0.6 is 11.6 Å². The molecule has 0 bridgehead atoms. The predicted molar refractivity (Wildman–Crippen MR) is 54.3 cm³/mol. The minimum Gasteiger partial charge on any atom is -0.257 e. The lowest BCUT2D eigenvalue weighted by atomic mass is 10.4. The van der Waals surface area contributed by atoms with Gasteiger partial charge in [0.25, 0.3) is 0 Å². The molecule has 1 rings (SSSR count). The maximum atomic E-state index is 11.6. The summed E-state index contributed by atoms with van der Waals surface area (Å²) in [7, 11) is -3.37. The molecule has 1 aromatic rings. The van der Waals surface area contributed by atoms with Crippen LogP contribution in [-0.2, 0) is 9.84 Å². The van der Waals surface area contributed by atoms with Crippen molar-refractivity contribution in [3.8, 4) is 0 Å². The van der Waals surface area contributed by atoms with E-state index in [2.05, 4.69) is 9.97 Å². The molecule has 4 nitrogen and oxygen atoms in total. The van der Waals surface area contributed by atoms with Crippen LogP contribution in [0.3, 0.4) is 0 Å². The lowest BCUT2D eigenvalue weighted by molar-refractivity contribution is 0.591. The van der Waals surface area contributed by atoms with Gasteiger partial charge in [-0.2, -0.15) is 0 Å². The van der Waals surface area contributed by atoms with E-state index < -0.39 is 9.84 Å². The molecule has 0 aliphatic carbocycles. The minimum absolute atomic E-state index is 0.0400. The Hall–Kier alpha value is -0.680. The van der Waals surface area contributed by atoms with Crippen molar-refractivity contribution in [2.45, 2.75) is 18.9 Å². The first-order valence-electron chi connectivity index (χ1n) is 4.06. The fourth-order valence-corrected chi connectivity index (χ4v) is 2.80. The molecule has 0 N–H and O–H groups in total. The third kappa shape index (κ3) is 2.42. The van der Waals surface area contributed by atoms with Gasteiger partial charge in [0.2, 0.25) is 0 Å². The van der Waals surface area contributed by atoms with E-state index >= 15 is 0 Å². The van der Waals surface area contributed by atoms with E-state index in [0.29, 0.717) is 11.4 Å². The lowest BCUT2D eigenvalue weighted by Gasteiger charge is -2.04. The first kappa shape index (κ1) is 11.4. The molecule has 0 atom stereocenters. The Morgan fingerprint density at radius 1 is 1.43 bits per heavy atom. The molecule has 14 heavy (non-hydrogen) atoms. The van der Waals surface area contributed by atoms with Crippen LogP contribution in [0.15, 0.2) is 11.2 Å². The monoisotopic (exact) mass is 234 g/mol. The summed E-state index contributed by atoms with van der Waals surface area (Å²) in [6, 6.07) is 0. The van der Waals surface area contributed by atoms with Crippen LogP contribution in [-0.4, -0.2) is 30.0 Å². The first-order valence-corrected chi connectivity index (χ1v) is 6.25. The molecular formula is C8H11ClN2O2S. The number of hydrogen-bond acceptors (Lipinski definition) is 4. The van der Waals surface area contributed by atoms with Crippen LogP contribution < -0.4 is 0 Å². The number of rotatable bonds is 3. The summed E-state index contributed by atoms with van der Waals surface area (Å²) in [6.45, 7) is 3.32. The highest BCUT2D eigenvalue weighted by molar-refractivity contribution is 7.91. The number of aryl methyl sites for hydroxylation is 2. The van der Waals surface area contributed by atoms with Gasteiger partial charge in [-0.05, 0) is 13.8 Å². The topological polar surface area (TPSA) is 59.9 Å². The molecule has 1 aromatic heterocycles. The van der Waals surface area contributed by atoms with Crippen molar-refractivity contribution in [2.24, 2.45) is 0 Å². The molecule has 0 radical (unpaired) electrons. The zero-order valence-corrected chi connectivity index (χ0v) is 9.56. The quantitative estimate of drug-likeness (QED) is 0.735. The smallest absolute Gasteiger partial charge is 0.198 e. The second-order valence-electron chi connectivity index (χ2n) is 2.91. The summed E-state index contributed by atoms with van der Waals surface area (Å²) in [5.41, 5.74) is 1.00. The highest BCUT2D eigenvalue weighted by Crippen LogP contribution is 2.12. The van der Waals surface area contributed by atoms with Gasteiger partial charge in [0.15, 0.2) is 14.9 Å². The Morgan fingerprint density at radius 2 is 2.07 bits per heavy atom. The molecule has 0 aliphatic rings. The summed E-state index contributed by atoms with van der Waals surface area (Å²) >= 11 is 5.40. The molecule has 0 saturated carbocycles. The van der Waals surface area contributed by atoms with Crippen molar-refractivity contribution in [3.05, 3.63) is 17.6 Å². The van der Waals surface area contributed by atoms with Crippen molar-refractivity contribution in [2.75, 3.05) is 11.6 Å². The van der Waals surface area contributed by atoms with Gasteiger partial charge in [-0.3, -0.25) is 4.98 Å². The summed E-state index contributed by atoms with van der Waals surface area (Å²) in [4.78, 5) is 7.90. The third-order valence-electron chi connectivity index (χ3n) is 1.67. The second kappa shape index (κ2) is 4.23. The van der Waals surface area contributed by atoms with E-state index in [4.69, 9.17) is 11.6 Å². The molecule has 0 aliphatic heterocycles. The van der Waals surface area contributed by atoms with Crippen molar-refractivity contribution in [1.82, 2.24) is 9.97 Å². The van der Waals surface area contributed by atoms with E-state index in [0.717, 1.165) is 0 Å². The van der Waals surface area contributed by atoms with Gasteiger partial charge >= 0.3 is 0 Å². The molecule has 0 amide bonds. The molecule has 0 unspecified atom stereocenters. The zero-order chi connectivity index (χ0) is 10.8. The van der Waals surface area contributed by atoms with E-state index in [-0.39, 0.29) is 16.7 Å².